The van der Waals surface area contributed by atoms with Gasteiger partial charge in [-0.1, -0.05) is 11.6 Å². The largest absolute Gasteiger partial charge is 0.444 e. The Morgan fingerprint density at radius 3 is 2.30 bits per heavy atom. The van der Waals surface area contributed by atoms with Crippen LogP contribution in [-0.4, -0.2) is 57.7 Å². The summed E-state index contributed by atoms with van der Waals surface area (Å²) >= 11 is 6.42. The zero-order chi connectivity index (χ0) is 27.3. The molecule has 198 valence electrons. The molecule has 0 N–H and O–H groups in total. The van der Waals surface area contributed by atoms with Gasteiger partial charge in [-0.25, -0.2) is 19.2 Å². The summed E-state index contributed by atoms with van der Waals surface area (Å²) in [5.74, 6) is -0.646. The van der Waals surface area contributed by atoms with Crippen molar-refractivity contribution < 1.29 is 27.1 Å². The molecule has 0 atom stereocenters. The fourth-order valence-corrected chi connectivity index (χ4v) is 4.67. The number of hydrogen-bond donors (Lipinski definition) is 0. The number of aryl methyl sites for hydroxylation is 2. The summed E-state index contributed by atoms with van der Waals surface area (Å²) in [7, 11) is 0. The highest BCUT2D eigenvalue weighted by atomic mass is 35.5. The third-order valence-corrected chi connectivity index (χ3v) is 6.19. The number of anilines is 1. The van der Waals surface area contributed by atoms with Gasteiger partial charge in [-0.05, 0) is 52.3 Å². The fourth-order valence-electron chi connectivity index (χ4n) is 4.39. The highest BCUT2D eigenvalue weighted by Crippen LogP contribution is 2.43. The van der Waals surface area contributed by atoms with Gasteiger partial charge in [-0.15, -0.1) is 0 Å². The molecular weight excluding hydrogens is 514 g/mol. The lowest BCUT2D eigenvalue weighted by Gasteiger charge is -2.36. The van der Waals surface area contributed by atoms with E-state index in [0.717, 1.165) is 6.33 Å². The Kier molecular flexibility index (Phi) is 6.96. The minimum absolute atomic E-state index is 0.0863. The summed E-state index contributed by atoms with van der Waals surface area (Å²) in [6.45, 7) is 9.62. The zero-order valence-corrected chi connectivity index (χ0v) is 21.8. The monoisotopic (exact) mass is 539 g/mol. The number of carbonyl (C=O) groups excluding carboxylic acids is 1. The molecule has 2 aromatic heterocycles. The molecule has 1 aromatic carbocycles. The molecule has 0 aliphatic carbocycles. The van der Waals surface area contributed by atoms with Crippen LogP contribution in [0.5, 0.6) is 0 Å². The normalized spacial score (nSPS) is 14.9. The summed E-state index contributed by atoms with van der Waals surface area (Å²) < 4.78 is 63.0. The molecule has 1 amide bonds. The van der Waals surface area contributed by atoms with Gasteiger partial charge in [0.25, 0.3) is 0 Å². The van der Waals surface area contributed by atoms with E-state index >= 15 is 4.39 Å². The highest BCUT2D eigenvalue weighted by Gasteiger charge is 2.38. The predicted octanol–water partition coefficient (Wildman–Crippen LogP) is 6.18. The number of benzene rings is 1. The maximum absolute atomic E-state index is 15.8. The van der Waals surface area contributed by atoms with Crippen LogP contribution in [0.15, 0.2) is 18.5 Å². The van der Waals surface area contributed by atoms with Gasteiger partial charge in [0.2, 0.25) is 0 Å². The fraction of sp³-hybridized carbons (Fsp3) is 0.440. The molecule has 0 radical (unpaired) electrons. The van der Waals surface area contributed by atoms with E-state index in [4.69, 9.17) is 16.3 Å². The number of amides is 1. The Morgan fingerprint density at radius 1 is 1.05 bits per heavy atom. The lowest BCUT2D eigenvalue weighted by atomic mass is 9.98. The van der Waals surface area contributed by atoms with Gasteiger partial charge < -0.3 is 14.5 Å². The summed E-state index contributed by atoms with van der Waals surface area (Å²) in [6.07, 6.45) is -4.05. The smallest absolute Gasteiger partial charge is 0.418 e. The van der Waals surface area contributed by atoms with Crippen LogP contribution in [0.1, 0.15) is 37.6 Å². The number of aromatic nitrogens is 3. The highest BCUT2D eigenvalue weighted by molar-refractivity contribution is 6.34. The molecule has 1 aliphatic rings. The first-order valence-corrected chi connectivity index (χ1v) is 12.0. The van der Waals surface area contributed by atoms with Gasteiger partial charge in [-0.3, -0.25) is 4.98 Å². The number of pyridine rings is 1. The second-order valence-electron chi connectivity index (χ2n) is 9.90. The molecule has 0 bridgehead atoms. The van der Waals surface area contributed by atoms with E-state index in [1.165, 1.54) is 26.0 Å². The molecule has 7 nitrogen and oxygen atoms in total. The zero-order valence-electron chi connectivity index (χ0n) is 21.0. The Balaban J connectivity index is 1.74. The van der Waals surface area contributed by atoms with Gasteiger partial charge in [-0.2, -0.15) is 13.2 Å². The predicted molar refractivity (Wildman–Crippen MR) is 132 cm³/mol. The molecule has 3 heterocycles. The van der Waals surface area contributed by atoms with Crippen molar-refractivity contribution >= 4 is 34.4 Å². The number of hydrogen-bond acceptors (Lipinski definition) is 6. The van der Waals surface area contributed by atoms with Crippen molar-refractivity contribution in [3.05, 3.63) is 46.1 Å². The molecular formula is C25H26ClF4N5O2. The number of fused-ring (bicyclic) bond motifs is 1. The SMILES string of the molecule is Cc1cc(C)c(C(F)(F)F)c(-c2c(Cl)cc3c(N4CCN(C(=O)OC(C)(C)C)CC4)ncnc3c2F)n1. The number of alkyl halides is 3. The number of carbonyl (C=O) groups is 1. The van der Waals surface area contributed by atoms with Crippen molar-refractivity contribution in [3.8, 4) is 11.3 Å². The summed E-state index contributed by atoms with van der Waals surface area (Å²) in [5, 5.41) is 0.00819. The minimum Gasteiger partial charge on any atom is -0.444 e. The van der Waals surface area contributed by atoms with Gasteiger partial charge in [0.15, 0.2) is 5.82 Å². The second-order valence-corrected chi connectivity index (χ2v) is 10.3. The maximum Gasteiger partial charge on any atom is 0.418 e. The van der Waals surface area contributed by atoms with Crippen LogP contribution in [0, 0.1) is 19.7 Å². The molecule has 37 heavy (non-hydrogen) atoms. The Morgan fingerprint density at radius 2 is 1.70 bits per heavy atom. The van der Waals surface area contributed by atoms with E-state index < -0.39 is 40.5 Å². The molecule has 0 saturated carbocycles. The van der Waals surface area contributed by atoms with Gasteiger partial charge in [0.05, 0.1) is 21.8 Å². The number of rotatable bonds is 2. The first-order valence-electron chi connectivity index (χ1n) is 11.6. The maximum atomic E-state index is 15.8. The van der Waals surface area contributed by atoms with Crippen LogP contribution in [0.2, 0.25) is 5.02 Å². The van der Waals surface area contributed by atoms with E-state index in [1.54, 1.807) is 25.7 Å². The third kappa shape index (κ3) is 5.41. The third-order valence-electron chi connectivity index (χ3n) is 5.90. The first-order chi connectivity index (χ1) is 17.2. The molecule has 4 rings (SSSR count). The number of ether oxygens (including phenoxy) is 1. The van der Waals surface area contributed by atoms with Gasteiger partial charge in [0, 0.05) is 37.3 Å². The van der Waals surface area contributed by atoms with Crippen molar-refractivity contribution in [1.82, 2.24) is 19.9 Å². The van der Waals surface area contributed by atoms with Crippen LogP contribution >= 0.6 is 11.6 Å². The summed E-state index contributed by atoms with van der Waals surface area (Å²) in [5.41, 5.74) is -2.69. The van der Waals surface area contributed by atoms with Crippen molar-refractivity contribution in [3.63, 3.8) is 0 Å². The number of nitrogens with zero attached hydrogens (tertiary/aromatic N) is 5. The topological polar surface area (TPSA) is 71.5 Å². The van der Waals surface area contributed by atoms with Gasteiger partial charge >= 0.3 is 12.3 Å². The standard InChI is InChI=1S/C25H26ClF4N5O2/c1-13-10-14(2)33-21(18(13)25(28,29)30)17-16(26)11-15-20(19(17)27)31-12-32-22(15)34-6-8-35(9-7-34)23(36)37-24(3,4)5/h10-12H,6-9H2,1-5H3. The summed E-state index contributed by atoms with van der Waals surface area (Å²) in [4.78, 5) is 28.1. The van der Waals surface area contributed by atoms with E-state index in [1.807, 2.05) is 4.90 Å². The lowest BCUT2D eigenvalue weighted by Crippen LogP contribution is -2.50. The van der Waals surface area contributed by atoms with E-state index in [0.29, 0.717) is 37.7 Å². The molecule has 1 fully saturated rings. The average molecular weight is 540 g/mol. The van der Waals surface area contributed by atoms with E-state index in [9.17, 15) is 18.0 Å². The molecule has 3 aromatic rings. The molecule has 12 heteroatoms. The first kappa shape index (κ1) is 26.8. The van der Waals surface area contributed by atoms with Crippen LogP contribution in [0.4, 0.5) is 28.2 Å². The molecule has 0 spiro atoms. The van der Waals surface area contributed by atoms with Crippen molar-refractivity contribution in [2.24, 2.45) is 0 Å². The van der Waals surface area contributed by atoms with Gasteiger partial charge in [0.1, 0.15) is 23.3 Å². The van der Waals surface area contributed by atoms with Crippen LogP contribution in [-0.2, 0) is 10.9 Å². The van der Waals surface area contributed by atoms with E-state index in [-0.39, 0.29) is 21.5 Å². The number of halogens is 5. The average Bonchev–Trinajstić information content (AvgIpc) is 2.76. The Hall–Kier alpha value is -3.21. The van der Waals surface area contributed by atoms with Crippen LogP contribution in [0.25, 0.3) is 22.2 Å². The summed E-state index contributed by atoms with van der Waals surface area (Å²) in [6, 6.07) is 2.65. The quantitative estimate of drug-likeness (QED) is 0.362. The number of piperazine rings is 1. The van der Waals surface area contributed by atoms with Crippen molar-refractivity contribution in [2.75, 3.05) is 31.1 Å². The van der Waals surface area contributed by atoms with Crippen LogP contribution in [0.3, 0.4) is 0 Å². The molecule has 0 unspecified atom stereocenters. The van der Waals surface area contributed by atoms with E-state index in [2.05, 4.69) is 15.0 Å². The van der Waals surface area contributed by atoms with Crippen LogP contribution < -0.4 is 4.90 Å². The van der Waals surface area contributed by atoms with Crippen molar-refractivity contribution in [1.29, 1.82) is 0 Å². The van der Waals surface area contributed by atoms with Crippen molar-refractivity contribution in [2.45, 2.75) is 46.4 Å². The Labute approximate surface area is 216 Å². The molecule has 1 saturated heterocycles. The second kappa shape index (κ2) is 9.59. The lowest BCUT2D eigenvalue weighted by molar-refractivity contribution is -0.137. The Bertz CT molecular complexity index is 1370. The minimum atomic E-state index is -4.77. The molecule has 1 aliphatic heterocycles.